The van der Waals surface area contributed by atoms with Gasteiger partial charge in [0.25, 0.3) is 5.69 Å². The Kier molecular flexibility index (Phi) is 4.49. The number of nitrogens with zero attached hydrogens (tertiary/aromatic N) is 2. The van der Waals surface area contributed by atoms with Gasteiger partial charge in [0.05, 0.1) is 14.8 Å². The molecule has 0 aliphatic heterocycles. The first kappa shape index (κ1) is 14.0. The molecule has 19 heavy (non-hydrogen) atoms. The van der Waals surface area contributed by atoms with Gasteiger partial charge >= 0.3 is 0 Å². The standard InChI is InChI=1S/C12H12BrN3O2S/c1-8-7-15-12(6-10(8)16(17)18)14-5-4-9-2-3-11(13)19-9/h2-3,6-7H,4-5H2,1H3,(H,14,15). The molecule has 7 heteroatoms. The lowest BCUT2D eigenvalue weighted by Crippen LogP contribution is -2.06. The van der Waals surface area contributed by atoms with Crippen molar-refractivity contribution in [2.24, 2.45) is 0 Å². The Bertz CT molecular complexity index is 600. The lowest BCUT2D eigenvalue weighted by atomic mass is 10.2. The molecule has 0 atom stereocenters. The van der Waals surface area contributed by atoms with Crippen molar-refractivity contribution in [1.82, 2.24) is 4.98 Å². The van der Waals surface area contributed by atoms with Gasteiger partial charge in [-0.25, -0.2) is 4.98 Å². The third kappa shape index (κ3) is 3.74. The fraction of sp³-hybridized carbons (Fsp3) is 0.250. The topological polar surface area (TPSA) is 68.1 Å². The van der Waals surface area contributed by atoms with Gasteiger partial charge in [-0.1, -0.05) is 0 Å². The zero-order valence-corrected chi connectivity index (χ0v) is 12.6. The van der Waals surface area contributed by atoms with Crippen molar-refractivity contribution in [3.05, 3.63) is 48.7 Å². The molecule has 0 aliphatic carbocycles. The van der Waals surface area contributed by atoms with Crippen molar-refractivity contribution in [3.8, 4) is 0 Å². The van der Waals surface area contributed by atoms with Crippen molar-refractivity contribution >= 4 is 38.8 Å². The van der Waals surface area contributed by atoms with E-state index in [1.807, 2.05) is 6.07 Å². The third-order valence-electron chi connectivity index (χ3n) is 2.58. The van der Waals surface area contributed by atoms with Gasteiger partial charge < -0.3 is 5.32 Å². The average molecular weight is 342 g/mol. The molecular formula is C12H12BrN3O2S. The summed E-state index contributed by atoms with van der Waals surface area (Å²) in [4.78, 5) is 15.8. The number of nitro groups is 1. The molecule has 2 aromatic heterocycles. The highest BCUT2D eigenvalue weighted by molar-refractivity contribution is 9.11. The van der Waals surface area contributed by atoms with Crippen LogP contribution in [0.2, 0.25) is 0 Å². The van der Waals surface area contributed by atoms with Crippen LogP contribution in [0.15, 0.2) is 28.2 Å². The van der Waals surface area contributed by atoms with Crippen LogP contribution < -0.4 is 5.32 Å². The van der Waals surface area contributed by atoms with E-state index in [9.17, 15) is 10.1 Å². The number of rotatable bonds is 5. The molecule has 0 radical (unpaired) electrons. The monoisotopic (exact) mass is 341 g/mol. The van der Waals surface area contributed by atoms with Crippen LogP contribution in [0, 0.1) is 17.0 Å². The lowest BCUT2D eigenvalue weighted by molar-refractivity contribution is -0.385. The average Bonchev–Trinajstić information content (AvgIpc) is 2.77. The van der Waals surface area contributed by atoms with Gasteiger partial charge in [0.1, 0.15) is 5.82 Å². The Morgan fingerprint density at radius 3 is 2.95 bits per heavy atom. The molecular weight excluding hydrogens is 330 g/mol. The summed E-state index contributed by atoms with van der Waals surface area (Å²) in [7, 11) is 0. The number of thiophene rings is 1. The molecule has 0 amide bonds. The lowest BCUT2D eigenvalue weighted by Gasteiger charge is -2.05. The summed E-state index contributed by atoms with van der Waals surface area (Å²) >= 11 is 5.09. The number of hydrogen-bond donors (Lipinski definition) is 1. The summed E-state index contributed by atoms with van der Waals surface area (Å²) in [6.45, 7) is 2.37. The second-order valence-electron chi connectivity index (χ2n) is 4.00. The molecule has 0 bridgehead atoms. The molecule has 2 heterocycles. The number of aryl methyl sites for hydroxylation is 1. The number of nitrogens with one attached hydrogen (secondary N) is 1. The number of aromatic nitrogens is 1. The van der Waals surface area contributed by atoms with Gasteiger partial charge in [0, 0.05) is 23.2 Å². The first-order valence-corrected chi connectivity index (χ1v) is 7.26. The zero-order valence-electron chi connectivity index (χ0n) is 10.2. The Hall–Kier alpha value is -1.47. The van der Waals surface area contributed by atoms with E-state index in [0.29, 0.717) is 17.9 Å². The summed E-state index contributed by atoms with van der Waals surface area (Å²) in [5.41, 5.74) is 0.661. The van der Waals surface area contributed by atoms with Crippen LogP contribution in [-0.2, 0) is 6.42 Å². The normalized spacial score (nSPS) is 10.4. The summed E-state index contributed by atoms with van der Waals surface area (Å²) < 4.78 is 1.10. The van der Waals surface area contributed by atoms with Crippen LogP contribution in [-0.4, -0.2) is 16.5 Å². The van der Waals surface area contributed by atoms with Crippen molar-refractivity contribution in [2.45, 2.75) is 13.3 Å². The third-order valence-corrected chi connectivity index (χ3v) is 4.26. The molecule has 0 saturated carbocycles. The van der Waals surface area contributed by atoms with E-state index in [1.54, 1.807) is 18.3 Å². The van der Waals surface area contributed by atoms with E-state index in [0.717, 1.165) is 10.2 Å². The van der Waals surface area contributed by atoms with Crippen LogP contribution >= 0.6 is 27.3 Å². The molecule has 0 aromatic carbocycles. The summed E-state index contributed by atoms with van der Waals surface area (Å²) in [5.74, 6) is 0.535. The molecule has 0 spiro atoms. The highest BCUT2D eigenvalue weighted by Gasteiger charge is 2.11. The van der Waals surface area contributed by atoms with E-state index in [2.05, 4.69) is 32.3 Å². The van der Waals surface area contributed by atoms with Crippen LogP contribution in [0.5, 0.6) is 0 Å². The minimum atomic E-state index is -0.390. The minimum absolute atomic E-state index is 0.0939. The quantitative estimate of drug-likeness (QED) is 0.663. The maximum atomic E-state index is 10.8. The first-order valence-electron chi connectivity index (χ1n) is 5.65. The fourth-order valence-corrected chi connectivity index (χ4v) is 3.09. The highest BCUT2D eigenvalue weighted by Crippen LogP contribution is 2.23. The van der Waals surface area contributed by atoms with Crippen LogP contribution in [0.1, 0.15) is 10.4 Å². The SMILES string of the molecule is Cc1cnc(NCCc2ccc(Br)s2)cc1[N+](=O)[O-]. The highest BCUT2D eigenvalue weighted by atomic mass is 79.9. The molecule has 1 N–H and O–H groups in total. The Morgan fingerprint density at radius 1 is 1.53 bits per heavy atom. The molecule has 100 valence electrons. The van der Waals surface area contributed by atoms with Crippen molar-refractivity contribution in [2.75, 3.05) is 11.9 Å². The zero-order chi connectivity index (χ0) is 13.8. The van der Waals surface area contributed by atoms with Gasteiger partial charge in [-0.15, -0.1) is 11.3 Å². The predicted molar refractivity (Wildman–Crippen MR) is 79.8 cm³/mol. The Balaban J connectivity index is 1.96. The van der Waals surface area contributed by atoms with Crippen LogP contribution in [0.25, 0.3) is 0 Å². The van der Waals surface area contributed by atoms with E-state index in [-0.39, 0.29) is 5.69 Å². The molecule has 0 saturated heterocycles. The van der Waals surface area contributed by atoms with Gasteiger partial charge in [-0.3, -0.25) is 10.1 Å². The second kappa shape index (κ2) is 6.12. The van der Waals surface area contributed by atoms with Gasteiger partial charge in [0.15, 0.2) is 0 Å². The van der Waals surface area contributed by atoms with Gasteiger partial charge in [0.2, 0.25) is 0 Å². The number of halogens is 1. The Labute approximate surface area is 123 Å². The molecule has 2 aromatic rings. The smallest absolute Gasteiger partial charge is 0.277 e. The van der Waals surface area contributed by atoms with E-state index < -0.39 is 4.92 Å². The molecule has 0 fully saturated rings. The maximum absolute atomic E-state index is 10.8. The van der Waals surface area contributed by atoms with E-state index in [4.69, 9.17) is 0 Å². The van der Waals surface area contributed by atoms with E-state index in [1.165, 1.54) is 17.1 Å². The second-order valence-corrected chi connectivity index (χ2v) is 6.54. The molecule has 2 rings (SSSR count). The van der Waals surface area contributed by atoms with Gasteiger partial charge in [-0.2, -0.15) is 0 Å². The van der Waals surface area contributed by atoms with E-state index >= 15 is 0 Å². The summed E-state index contributed by atoms with van der Waals surface area (Å²) in [6, 6.07) is 5.54. The van der Waals surface area contributed by atoms with Crippen molar-refractivity contribution in [1.29, 1.82) is 0 Å². The van der Waals surface area contributed by atoms with Gasteiger partial charge in [-0.05, 0) is 41.4 Å². The molecule has 5 nitrogen and oxygen atoms in total. The minimum Gasteiger partial charge on any atom is -0.370 e. The fourth-order valence-electron chi connectivity index (χ4n) is 1.61. The largest absolute Gasteiger partial charge is 0.370 e. The number of anilines is 1. The Morgan fingerprint density at radius 2 is 2.32 bits per heavy atom. The van der Waals surface area contributed by atoms with Crippen molar-refractivity contribution in [3.63, 3.8) is 0 Å². The number of pyridine rings is 1. The summed E-state index contributed by atoms with van der Waals surface area (Å²) in [5, 5.41) is 13.9. The molecule has 0 aliphatic rings. The van der Waals surface area contributed by atoms with Crippen LogP contribution in [0.3, 0.4) is 0 Å². The van der Waals surface area contributed by atoms with Crippen LogP contribution in [0.4, 0.5) is 11.5 Å². The van der Waals surface area contributed by atoms with Crippen molar-refractivity contribution < 1.29 is 4.92 Å². The first-order chi connectivity index (χ1) is 9.06. The maximum Gasteiger partial charge on any atom is 0.277 e. The predicted octanol–water partition coefficient (Wildman–Crippen LogP) is 3.78. The molecule has 0 unspecified atom stereocenters. The number of hydrogen-bond acceptors (Lipinski definition) is 5. The summed E-state index contributed by atoms with van der Waals surface area (Å²) in [6.07, 6.45) is 2.38.